The maximum atomic E-state index is 5.92. The fourth-order valence-electron chi connectivity index (χ4n) is 0.929. The quantitative estimate of drug-likeness (QED) is 0.670. The van der Waals surface area contributed by atoms with Crippen molar-refractivity contribution in [2.24, 2.45) is 0 Å². The first kappa shape index (κ1) is 7.36. The van der Waals surface area contributed by atoms with Crippen molar-refractivity contribution in [3.8, 4) is 0 Å². The summed E-state index contributed by atoms with van der Waals surface area (Å²) in [4.78, 5) is 4.06. The van der Waals surface area contributed by atoms with Crippen molar-refractivity contribution in [3.63, 3.8) is 0 Å². The second-order valence-electron chi connectivity index (χ2n) is 2.10. The Kier molecular flexibility index (Phi) is 1.77. The zero-order chi connectivity index (χ0) is 7.84. The number of nitrogens with zero attached hydrogens (tertiary/aromatic N) is 2. The molecule has 2 nitrogen and oxygen atoms in total. The van der Waals surface area contributed by atoms with E-state index < -0.39 is 0 Å². The van der Waals surface area contributed by atoms with Crippen LogP contribution in [0, 0.1) is 0 Å². The van der Waals surface area contributed by atoms with E-state index in [4.69, 9.17) is 11.6 Å². The molecule has 1 aliphatic heterocycles. The van der Waals surface area contributed by atoms with Gasteiger partial charge in [-0.1, -0.05) is 11.6 Å². The molecule has 0 N–H and O–H groups in total. The molecule has 0 aliphatic carbocycles. The molecule has 0 saturated heterocycles. The van der Waals surface area contributed by atoms with Crippen molar-refractivity contribution in [3.05, 3.63) is 29.0 Å². The number of fused-ring (bicyclic) bond motifs is 1. The molecule has 2 rings (SSSR count). The van der Waals surface area contributed by atoms with Gasteiger partial charge in [0.15, 0.2) is 5.82 Å². The van der Waals surface area contributed by atoms with Gasteiger partial charge >= 0.3 is 0 Å². The summed E-state index contributed by atoms with van der Waals surface area (Å²) in [5.74, 6) is 0.724. The highest BCUT2D eigenvalue weighted by molar-refractivity contribution is 14.1. The van der Waals surface area contributed by atoms with Crippen molar-refractivity contribution in [1.82, 2.24) is 10.3 Å². The third-order valence-electron chi connectivity index (χ3n) is 1.42. The zero-order valence-electron chi connectivity index (χ0n) is 5.38. The van der Waals surface area contributed by atoms with Crippen LogP contribution in [0.4, 0.5) is 5.82 Å². The third-order valence-corrected chi connectivity index (χ3v) is 2.55. The highest BCUT2D eigenvalue weighted by Gasteiger charge is 2.16. The van der Waals surface area contributed by atoms with Gasteiger partial charge in [0.25, 0.3) is 0 Å². The van der Waals surface area contributed by atoms with Crippen LogP contribution in [0.2, 0.25) is 5.02 Å². The Hall–Kier alpha value is -0.290. The van der Waals surface area contributed by atoms with Crippen LogP contribution in [-0.2, 0) is 0 Å². The van der Waals surface area contributed by atoms with Crippen molar-refractivity contribution in [1.29, 1.82) is 0 Å². The molecule has 1 aromatic rings. The summed E-state index contributed by atoms with van der Waals surface area (Å²) in [6.45, 7) is 0. The van der Waals surface area contributed by atoms with E-state index in [9.17, 15) is 0 Å². The topological polar surface area (TPSA) is 27.0 Å². The Morgan fingerprint density at radius 1 is 1.45 bits per heavy atom. The van der Waals surface area contributed by atoms with Gasteiger partial charge in [0.1, 0.15) is 0 Å². The minimum absolute atomic E-state index is 0.719. The van der Waals surface area contributed by atoms with Crippen LogP contribution in [0.25, 0.3) is 3.58 Å². The van der Waals surface area contributed by atoms with Gasteiger partial charge in [-0.3, -0.25) is 0 Å². The summed E-state index contributed by atoms with van der Waals surface area (Å²) < 4.78 is 1.05. The summed E-state index contributed by atoms with van der Waals surface area (Å²) >= 11 is 8.11. The van der Waals surface area contributed by atoms with Crippen LogP contribution in [-0.4, -0.2) is 4.98 Å². The molecular weight excluding hydrogens is 274 g/mol. The molecule has 0 atom stereocenters. The van der Waals surface area contributed by atoms with E-state index in [-0.39, 0.29) is 0 Å². The summed E-state index contributed by atoms with van der Waals surface area (Å²) in [6, 6.07) is 1.77. The van der Waals surface area contributed by atoms with Crippen LogP contribution in [0.3, 0.4) is 0 Å². The van der Waals surface area contributed by atoms with Gasteiger partial charge in [-0.25, -0.2) is 10.3 Å². The maximum absolute atomic E-state index is 5.92. The van der Waals surface area contributed by atoms with Gasteiger partial charge in [0, 0.05) is 16.0 Å². The molecule has 0 aromatic carbocycles. The molecule has 0 bridgehead atoms. The molecule has 55 valence electrons. The van der Waals surface area contributed by atoms with E-state index >= 15 is 0 Å². The SMILES string of the molecule is Clc1ccnc2c1C(I)=C[N]2. The van der Waals surface area contributed by atoms with E-state index in [1.165, 1.54) is 0 Å². The second kappa shape index (κ2) is 2.64. The number of rotatable bonds is 0. The molecular formula is C7H3ClIN2. The smallest absolute Gasteiger partial charge is 0.161 e. The van der Waals surface area contributed by atoms with Crippen LogP contribution in [0.5, 0.6) is 0 Å². The lowest BCUT2D eigenvalue weighted by atomic mass is 10.3. The van der Waals surface area contributed by atoms with Crippen molar-refractivity contribution >= 4 is 43.6 Å². The second-order valence-corrected chi connectivity index (χ2v) is 3.67. The molecule has 1 radical (unpaired) electrons. The lowest BCUT2D eigenvalue weighted by Crippen LogP contribution is -1.86. The Morgan fingerprint density at radius 2 is 2.27 bits per heavy atom. The molecule has 2 heterocycles. The highest BCUT2D eigenvalue weighted by atomic mass is 127. The minimum atomic E-state index is 0.719. The number of halogens is 2. The Labute approximate surface area is 82.8 Å². The molecule has 11 heavy (non-hydrogen) atoms. The van der Waals surface area contributed by atoms with Crippen molar-refractivity contribution in [2.75, 3.05) is 0 Å². The summed E-state index contributed by atoms with van der Waals surface area (Å²) in [7, 11) is 0. The van der Waals surface area contributed by atoms with E-state index in [2.05, 4.69) is 32.9 Å². The Morgan fingerprint density at radius 3 is 3.00 bits per heavy atom. The van der Waals surface area contributed by atoms with E-state index in [1.54, 1.807) is 18.5 Å². The number of pyridine rings is 1. The fourth-order valence-corrected chi connectivity index (χ4v) is 2.00. The lowest BCUT2D eigenvalue weighted by molar-refractivity contribution is 1.12. The average Bonchev–Trinajstić information content (AvgIpc) is 2.34. The maximum Gasteiger partial charge on any atom is 0.161 e. The van der Waals surface area contributed by atoms with E-state index in [0.29, 0.717) is 0 Å². The number of aromatic nitrogens is 1. The molecule has 0 fully saturated rings. The molecule has 1 aliphatic rings. The predicted molar refractivity (Wildman–Crippen MR) is 53.0 cm³/mol. The number of hydrogen-bond donors (Lipinski definition) is 0. The molecule has 1 aromatic heterocycles. The van der Waals surface area contributed by atoms with Crippen LogP contribution in [0.15, 0.2) is 18.5 Å². The largest absolute Gasteiger partial charge is 0.237 e. The van der Waals surface area contributed by atoms with Gasteiger partial charge in [0.2, 0.25) is 0 Å². The summed E-state index contributed by atoms with van der Waals surface area (Å²) in [5.41, 5.74) is 0.953. The normalized spacial score (nSPS) is 13.8. The molecule has 0 saturated carbocycles. The van der Waals surface area contributed by atoms with Gasteiger partial charge < -0.3 is 0 Å². The molecule has 4 heteroatoms. The van der Waals surface area contributed by atoms with Gasteiger partial charge in [0.05, 0.1) is 10.6 Å². The van der Waals surface area contributed by atoms with Gasteiger partial charge in [-0.15, -0.1) is 0 Å². The number of hydrogen-bond acceptors (Lipinski definition) is 1. The van der Waals surface area contributed by atoms with E-state index in [0.717, 1.165) is 20.0 Å². The average molecular weight is 277 g/mol. The monoisotopic (exact) mass is 277 g/mol. The molecule has 0 unspecified atom stereocenters. The Balaban J connectivity index is 2.67. The lowest BCUT2D eigenvalue weighted by Gasteiger charge is -1.98. The standard InChI is InChI=1S/C7H3ClIN2/c8-4-1-2-10-7-6(4)5(9)3-11-7/h1-3H. The van der Waals surface area contributed by atoms with Crippen LogP contribution >= 0.6 is 34.2 Å². The first-order valence-electron chi connectivity index (χ1n) is 3.00. The van der Waals surface area contributed by atoms with Gasteiger partial charge in [-0.2, -0.15) is 0 Å². The molecule has 0 amide bonds. The first-order chi connectivity index (χ1) is 5.29. The minimum Gasteiger partial charge on any atom is -0.237 e. The highest BCUT2D eigenvalue weighted by Crippen LogP contribution is 2.37. The van der Waals surface area contributed by atoms with Crippen molar-refractivity contribution in [2.45, 2.75) is 0 Å². The van der Waals surface area contributed by atoms with Gasteiger partial charge in [-0.05, 0) is 28.7 Å². The first-order valence-corrected chi connectivity index (χ1v) is 4.46. The summed E-state index contributed by atoms with van der Waals surface area (Å²) in [6.07, 6.45) is 3.43. The Bertz CT molecular complexity index is 335. The zero-order valence-corrected chi connectivity index (χ0v) is 8.30. The molecule has 0 spiro atoms. The predicted octanol–water partition coefficient (Wildman–Crippen LogP) is 2.72. The van der Waals surface area contributed by atoms with E-state index in [1.807, 2.05) is 0 Å². The van der Waals surface area contributed by atoms with Crippen LogP contribution in [0.1, 0.15) is 5.56 Å². The van der Waals surface area contributed by atoms with Crippen LogP contribution < -0.4 is 5.32 Å². The summed E-state index contributed by atoms with van der Waals surface area (Å²) in [5, 5.41) is 4.80. The fraction of sp³-hybridized carbons (Fsp3) is 0. The van der Waals surface area contributed by atoms with Crippen molar-refractivity contribution < 1.29 is 0 Å². The third kappa shape index (κ3) is 1.12.